The van der Waals surface area contributed by atoms with Crippen LogP contribution in [-0.4, -0.2) is 43.5 Å². The molecule has 28 heavy (non-hydrogen) atoms. The molecule has 1 aliphatic heterocycles. The summed E-state index contributed by atoms with van der Waals surface area (Å²) in [6.07, 6.45) is 10.4. The van der Waals surface area contributed by atoms with Crippen molar-refractivity contribution in [1.82, 2.24) is 10.6 Å². The molecule has 5 nitrogen and oxygen atoms in total. The van der Waals surface area contributed by atoms with E-state index in [0.717, 1.165) is 50.6 Å². The molecule has 0 aromatic carbocycles. The number of hydrogen-bond acceptors (Lipinski definition) is 2. The van der Waals surface area contributed by atoms with Crippen LogP contribution in [0.1, 0.15) is 85.5 Å². The number of piperidine rings is 1. The van der Waals surface area contributed by atoms with E-state index in [1.165, 1.54) is 32.2 Å². The summed E-state index contributed by atoms with van der Waals surface area (Å²) in [5, 5.41) is 6.14. The van der Waals surface area contributed by atoms with Gasteiger partial charge in [-0.05, 0) is 63.7 Å². The van der Waals surface area contributed by atoms with Crippen molar-refractivity contribution in [3.63, 3.8) is 0 Å². The molecule has 2 aliphatic rings. The smallest absolute Gasteiger partial charge is 0.242 e. The molecular weight excluding hydrogens is 350 g/mol. The first kappa shape index (κ1) is 23.2. The molecule has 162 valence electrons. The normalized spacial score (nSPS) is 29.3. The van der Waals surface area contributed by atoms with Gasteiger partial charge in [-0.1, -0.05) is 27.2 Å². The largest absolute Gasteiger partial charge is 0.354 e. The van der Waals surface area contributed by atoms with Crippen LogP contribution in [-0.2, 0) is 9.59 Å². The molecule has 1 heterocycles. The second-order valence-electron chi connectivity index (χ2n) is 9.56. The van der Waals surface area contributed by atoms with Crippen LogP contribution in [0.4, 0.5) is 0 Å². The van der Waals surface area contributed by atoms with Crippen LogP contribution in [0.3, 0.4) is 0 Å². The van der Waals surface area contributed by atoms with Gasteiger partial charge in [0.05, 0.1) is 19.1 Å². The summed E-state index contributed by atoms with van der Waals surface area (Å²) >= 11 is 0. The monoisotopic (exact) mass is 394 g/mol. The average Bonchev–Trinajstić information content (AvgIpc) is 2.70. The van der Waals surface area contributed by atoms with E-state index in [1.807, 2.05) is 13.8 Å². The van der Waals surface area contributed by atoms with Gasteiger partial charge in [0, 0.05) is 18.9 Å². The van der Waals surface area contributed by atoms with Gasteiger partial charge >= 0.3 is 0 Å². The number of likely N-dealkylation sites (tertiary alicyclic amines) is 1. The molecule has 2 fully saturated rings. The number of rotatable bonds is 9. The molecule has 5 heteroatoms. The lowest BCUT2D eigenvalue weighted by atomic mass is 9.80. The van der Waals surface area contributed by atoms with Gasteiger partial charge in [0.1, 0.15) is 6.04 Å². The van der Waals surface area contributed by atoms with Crippen molar-refractivity contribution in [2.75, 3.05) is 19.6 Å². The lowest BCUT2D eigenvalue weighted by molar-refractivity contribution is -0.928. The van der Waals surface area contributed by atoms with Gasteiger partial charge in [-0.15, -0.1) is 0 Å². The molecule has 3 N–H and O–H groups in total. The molecule has 0 bridgehead atoms. The quantitative estimate of drug-likeness (QED) is 0.526. The van der Waals surface area contributed by atoms with E-state index in [2.05, 4.69) is 24.5 Å². The van der Waals surface area contributed by atoms with Crippen molar-refractivity contribution in [3.05, 3.63) is 0 Å². The molecule has 1 saturated heterocycles. The Morgan fingerprint density at radius 1 is 1.07 bits per heavy atom. The summed E-state index contributed by atoms with van der Waals surface area (Å²) in [4.78, 5) is 27.1. The van der Waals surface area contributed by atoms with Crippen molar-refractivity contribution in [3.8, 4) is 0 Å². The Labute approximate surface area is 172 Å². The van der Waals surface area contributed by atoms with E-state index >= 15 is 0 Å². The standard InChI is InChI=1S/C23H43N3O2/c1-5-19-10-12-20(13-11-19)22(27)25-21(17(2)3)23(28)24-14-8-16-26-15-7-6-9-18(26)4/h17-21H,5-16H2,1-4H3,(H,24,28)(H,25,27)/p+1/t18-,19?,20?,21+/m0/s1. The van der Waals surface area contributed by atoms with Crippen molar-refractivity contribution < 1.29 is 14.5 Å². The molecule has 1 unspecified atom stereocenters. The van der Waals surface area contributed by atoms with Crippen LogP contribution in [0.2, 0.25) is 0 Å². The average molecular weight is 395 g/mol. The molecule has 3 atom stereocenters. The first-order valence-electron chi connectivity index (χ1n) is 11.8. The maximum Gasteiger partial charge on any atom is 0.242 e. The Kier molecular flexibility index (Phi) is 9.76. The highest BCUT2D eigenvalue weighted by Crippen LogP contribution is 2.30. The first-order valence-corrected chi connectivity index (χ1v) is 11.8. The summed E-state index contributed by atoms with van der Waals surface area (Å²) in [6.45, 7) is 11.7. The summed E-state index contributed by atoms with van der Waals surface area (Å²) in [6, 6.07) is 0.326. The van der Waals surface area contributed by atoms with Crippen molar-refractivity contribution in [2.24, 2.45) is 17.8 Å². The Morgan fingerprint density at radius 3 is 2.39 bits per heavy atom. The van der Waals surface area contributed by atoms with Crippen molar-refractivity contribution in [2.45, 2.75) is 97.6 Å². The van der Waals surface area contributed by atoms with Crippen LogP contribution in [0.25, 0.3) is 0 Å². The minimum atomic E-state index is -0.419. The van der Waals surface area contributed by atoms with E-state index in [1.54, 1.807) is 4.90 Å². The number of nitrogens with one attached hydrogen (secondary N) is 3. The minimum absolute atomic E-state index is 0.0210. The van der Waals surface area contributed by atoms with E-state index in [4.69, 9.17) is 0 Å². The van der Waals surface area contributed by atoms with Gasteiger partial charge in [0.15, 0.2) is 0 Å². The van der Waals surface area contributed by atoms with E-state index in [9.17, 15) is 9.59 Å². The van der Waals surface area contributed by atoms with Crippen LogP contribution < -0.4 is 15.5 Å². The molecule has 2 rings (SSSR count). The van der Waals surface area contributed by atoms with E-state index in [-0.39, 0.29) is 23.7 Å². The first-order chi connectivity index (χ1) is 13.4. The molecule has 2 amide bonds. The van der Waals surface area contributed by atoms with Gasteiger partial charge in [-0.2, -0.15) is 0 Å². The molecule has 1 aliphatic carbocycles. The molecule has 0 aromatic heterocycles. The minimum Gasteiger partial charge on any atom is -0.354 e. The van der Waals surface area contributed by atoms with Gasteiger partial charge < -0.3 is 15.5 Å². The summed E-state index contributed by atoms with van der Waals surface area (Å²) in [5.41, 5.74) is 0. The Hall–Kier alpha value is -1.10. The second-order valence-corrected chi connectivity index (χ2v) is 9.56. The number of carbonyl (C=O) groups is 2. The molecule has 0 radical (unpaired) electrons. The van der Waals surface area contributed by atoms with Gasteiger partial charge in [0.25, 0.3) is 0 Å². The maximum atomic E-state index is 12.7. The molecule has 1 saturated carbocycles. The third kappa shape index (κ3) is 7.06. The zero-order valence-electron chi connectivity index (χ0n) is 18.7. The second kappa shape index (κ2) is 11.8. The summed E-state index contributed by atoms with van der Waals surface area (Å²) < 4.78 is 0. The third-order valence-corrected chi connectivity index (χ3v) is 7.10. The Morgan fingerprint density at radius 2 is 1.79 bits per heavy atom. The highest BCUT2D eigenvalue weighted by molar-refractivity contribution is 5.88. The SMILES string of the molecule is CCC1CCC(C(=O)N[C@@H](C(=O)NCCC[NH+]2CCCC[C@@H]2C)C(C)C)CC1. The van der Waals surface area contributed by atoms with Crippen LogP contribution >= 0.6 is 0 Å². The fourth-order valence-corrected chi connectivity index (χ4v) is 4.90. The molecular formula is C23H44N3O2+. The fourth-order valence-electron chi connectivity index (χ4n) is 4.90. The summed E-state index contributed by atoms with van der Waals surface area (Å²) in [5.74, 6) is 1.02. The van der Waals surface area contributed by atoms with E-state index < -0.39 is 6.04 Å². The predicted molar refractivity (Wildman–Crippen MR) is 114 cm³/mol. The van der Waals surface area contributed by atoms with Gasteiger partial charge in [-0.3, -0.25) is 9.59 Å². The van der Waals surface area contributed by atoms with Gasteiger partial charge in [-0.25, -0.2) is 0 Å². The third-order valence-electron chi connectivity index (χ3n) is 7.10. The van der Waals surface area contributed by atoms with Crippen LogP contribution in [0.15, 0.2) is 0 Å². The van der Waals surface area contributed by atoms with E-state index in [0.29, 0.717) is 6.54 Å². The predicted octanol–water partition coefficient (Wildman–Crippen LogP) is 2.31. The molecule has 0 aromatic rings. The Balaban J connectivity index is 1.72. The highest BCUT2D eigenvalue weighted by atomic mass is 16.2. The number of amides is 2. The highest BCUT2D eigenvalue weighted by Gasteiger charge is 2.30. The summed E-state index contributed by atoms with van der Waals surface area (Å²) in [7, 11) is 0. The lowest BCUT2D eigenvalue weighted by Crippen LogP contribution is -3.16. The van der Waals surface area contributed by atoms with Gasteiger partial charge in [0.2, 0.25) is 11.8 Å². The molecule has 0 spiro atoms. The maximum absolute atomic E-state index is 12.7. The Bertz CT molecular complexity index is 486. The fraction of sp³-hybridized carbons (Fsp3) is 0.913. The number of carbonyl (C=O) groups excluding carboxylic acids is 2. The van der Waals surface area contributed by atoms with Crippen LogP contribution in [0.5, 0.6) is 0 Å². The zero-order chi connectivity index (χ0) is 20.5. The van der Waals surface area contributed by atoms with Crippen LogP contribution in [0, 0.1) is 17.8 Å². The number of hydrogen-bond donors (Lipinski definition) is 3. The number of quaternary nitrogens is 1. The van der Waals surface area contributed by atoms with Crippen molar-refractivity contribution >= 4 is 11.8 Å². The lowest BCUT2D eigenvalue weighted by Gasteiger charge is -2.30. The topological polar surface area (TPSA) is 62.6 Å². The zero-order valence-corrected chi connectivity index (χ0v) is 18.7. The van der Waals surface area contributed by atoms with Crippen molar-refractivity contribution in [1.29, 1.82) is 0 Å².